The van der Waals surface area contributed by atoms with Gasteiger partial charge in [0, 0.05) is 24.8 Å². The van der Waals surface area contributed by atoms with Crippen molar-refractivity contribution in [3.8, 4) is 11.3 Å². The van der Waals surface area contributed by atoms with E-state index in [1.807, 2.05) is 0 Å². The summed E-state index contributed by atoms with van der Waals surface area (Å²) in [4.78, 5) is 11.8. The van der Waals surface area contributed by atoms with Gasteiger partial charge in [0.05, 0.1) is 5.56 Å². The van der Waals surface area contributed by atoms with Crippen LogP contribution in [-0.4, -0.2) is 28.9 Å². The molecule has 3 N–H and O–H groups in total. The zero-order valence-corrected chi connectivity index (χ0v) is 12.5. The van der Waals surface area contributed by atoms with Crippen molar-refractivity contribution >= 4 is 11.8 Å². The Morgan fingerprint density at radius 1 is 1.39 bits per heavy atom. The number of aliphatic hydroxyl groups excluding tert-OH is 1. The fourth-order valence-electron chi connectivity index (χ4n) is 2.00. The molecular weight excluding hydrogens is 308 g/mol. The summed E-state index contributed by atoms with van der Waals surface area (Å²) >= 11 is 0. The maximum absolute atomic E-state index is 13.7. The van der Waals surface area contributed by atoms with Crippen molar-refractivity contribution in [2.24, 2.45) is 0 Å². The number of rotatable bonds is 6. The summed E-state index contributed by atoms with van der Waals surface area (Å²) in [5, 5.41) is 17.5. The van der Waals surface area contributed by atoms with Gasteiger partial charge in [0.15, 0.2) is 11.6 Å². The number of aliphatic hydroxyl groups is 1. The van der Waals surface area contributed by atoms with E-state index in [1.54, 1.807) is 6.92 Å². The van der Waals surface area contributed by atoms with E-state index >= 15 is 0 Å². The molecule has 0 saturated carbocycles. The third-order valence-electron chi connectivity index (χ3n) is 3.12. The Labute approximate surface area is 131 Å². The maximum atomic E-state index is 13.7. The summed E-state index contributed by atoms with van der Waals surface area (Å²) in [6, 6.07) is 3.79. The summed E-state index contributed by atoms with van der Waals surface area (Å²) in [6.07, 6.45) is 1.22. The molecule has 124 valence electrons. The molecule has 0 aliphatic carbocycles. The van der Waals surface area contributed by atoms with E-state index in [9.17, 15) is 13.6 Å². The second kappa shape index (κ2) is 7.68. The maximum Gasteiger partial charge on any atom is 0.320 e. The summed E-state index contributed by atoms with van der Waals surface area (Å²) in [6.45, 7) is 1.86. The van der Waals surface area contributed by atoms with Crippen LogP contribution in [0, 0.1) is 11.6 Å². The largest absolute Gasteiger partial charge is 0.396 e. The predicted molar refractivity (Wildman–Crippen MR) is 79.8 cm³/mol. The molecule has 6 nitrogen and oxygen atoms in total. The first kappa shape index (κ1) is 16.9. The van der Waals surface area contributed by atoms with Crippen LogP contribution in [0.4, 0.5) is 19.4 Å². The second-order valence-corrected chi connectivity index (χ2v) is 5.07. The third-order valence-corrected chi connectivity index (χ3v) is 3.12. The summed E-state index contributed by atoms with van der Waals surface area (Å²) in [7, 11) is 0. The second-order valence-electron chi connectivity index (χ2n) is 5.07. The fourth-order valence-corrected chi connectivity index (χ4v) is 2.00. The van der Waals surface area contributed by atoms with E-state index in [2.05, 4.69) is 15.8 Å². The molecule has 0 aliphatic heterocycles. The Morgan fingerprint density at radius 2 is 2.17 bits per heavy atom. The van der Waals surface area contributed by atoms with E-state index in [0.29, 0.717) is 12.8 Å². The van der Waals surface area contributed by atoms with Gasteiger partial charge in [-0.15, -0.1) is 0 Å². The Morgan fingerprint density at radius 3 is 2.87 bits per heavy atom. The number of benzene rings is 1. The molecule has 2 aromatic rings. The molecule has 0 radical (unpaired) electrons. The van der Waals surface area contributed by atoms with E-state index in [4.69, 9.17) is 9.63 Å². The van der Waals surface area contributed by atoms with Gasteiger partial charge in [-0.25, -0.2) is 13.6 Å². The van der Waals surface area contributed by atoms with Gasteiger partial charge < -0.3 is 14.9 Å². The van der Waals surface area contributed by atoms with Gasteiger partial charge in [-0.2, -0.15) is 0 Å². The van der Waals surface area contributed by atoms with Crippen LogP contribution in [0.5, 0.6) is 0 Å². The van der Waals surface area contributed by atoms with Crippen molar-refractivity contribution < 1.29 is 23.2 Å². The molecule has 8 heteroatoms. The summed E-state index contributed by atoms with van der Waals surface area (Å²) < 4.78 is 31.5. The van der Waals surface area contributed by atoms with E-state index in [1.165, 1.54) is 12.1 Å². The normalized spacial score (nSPS) is 12.0. The van der Waals surface area contributed by atoms with Crippen molar-refractivity contribution in [3.63, 3.8) is 0 Å². The monoisotopic (exact) mass is 325 g/mol. The third kappa shape index (κ3) is 4.75. The molecule has 0 unspecified atom stereocenters. The van der Waals surface area contributed by atoms with Crippen LogP contribution in [0.2, 0.25) is 0 Å². The van der Waals surface area contributed by atoms with Crippen molar-refractivity contribution in [1.82, 2.24) is 10.5 Å². The number of urea groups is 1. The van der Waals surface area contributed by atoms with Gasteiger partial charge in [-0.3, -0.25) is 5.32 Å². The molecule has 0 saturated heterocycles. The molecule has 0 spiro atoms. The minimum absolute atomic E-state index is 0.0451. The highest BCUT2D eigenvalue weighted by molar-refractivity contribution is 5.88. The first-order valence-electron chi connectivity index (χ1n) is 7.10. The molecule has 2 amide bonds. The van der Waals surface area contributed by atoms with Crippen LogP contribution >= 0.6 is 0 Å². The molecule has 1 aromatic carbocycles. The summed E-state index contributed by atoms with van der Waals surface area (Å²) in [5.41, 5.74) is 0.0451. The van der Waals surface area contributed by atoms with E-state index in [-0.39, 0.29) is 29.8 Å². The number of hydrogen-bond acceptors (Lipinski definition) is 4. The molecule has 0 fully saturated rings. The Hall–Kier alpha value is -2.48. The Kier molecular flexibility index (Phi) is 5.64. The lowest BCUT2D eigenvalue weighted by atomic mass is 10.1. The SMILES string of the molecule is C[C@H](CCCO)NC(=O)Nc1cc(-c2ccc(F)cc2F)on1. The average Bonchev–Trinajstić information content (AvgIpc) is 2.93. The lowest BCUT2D eigenvalue weighted by molar-refractivity contribution is 0.245. The number of carbonyl (C=O) groups excluding carboxylic acids is 1. The standard InChI is InChI=1S/C15H17F2N3O3/c1-9(3-2-6-21)18-15(22)19-14-8-13(23-20-14)11-5-4-10(16)7-12(11)17/h4-5,7-9,21H,2-3,6H2,1H3,(H2,18,19,20,22)/t9-/m1/s1. The van der Waals surface area contributed by atoms with Crippen LogP contribution in [0.25, 0.3) is 11.3 Å². The van der Waals surface area contributed by atoms with Gasteiger partial charge in [0.2, 0.25) is 0 Å². The van der Waals surface area contributed by atoms with Gasteiger partial charge in [0.25, 0.3) is 0 Å². The van der Waals surface area contributed by atoms with Crippen LogP contribution in [0.1, 0.15) is 19.8 Å². The van der Waals surface area contributed by atoms with Gasteiger partial charge in [-0.1, -0.05) is 5.16 Å². The van der Waals surface area contributed by atoms with Crippen LogP contribution in [-0.2, 0) is 0 Å². The molecule has 1 atom stereocenters. The highest BCUT2D eigenvalue weighted by Crippen LogP contribution is 2.25. The fraction of sp³-hybridized carbons (Fsp3) is 0.333. The summed E-state index contributed by atoms with van der Waals surface area (Å²) in [5.74, 6) is -1.29. The minimum atomic E-state index is -0.783. The predicted octanol–water partition coefficient (Wildman–Crippen LogP) is 2.90. The number of hydrogen-bond donors (Lipinski definition) is 3. The van der Waals surface area contributed by atoms with Gasteiger partial charge >= 0.3 is 6.03 Å². The minimum Gasteiger partial charge on any atom is -0.396 e. The first-order valence-corrected chi connectivity index (χ1v) is 7.10. The van der Waals surface area contributed by atoms with Crippen molar-refractivity contribution in [2.45, 2.75) is 25.8 Å². The quantitative estimate of drug-likeness (QED) is 0.762. The molecule has 2 rings (SSSR count). The number of halogens is 2. The Bertz CT molecular complexity index is 676. The number of anilines is 1. The lowest BCUT2D eigenvalue weighted by Crippen LogP contribution is -2.36. The first-order chi connectivity index (χ1) is 11.0. The molecule has 0 aliphatic rings. The molecular formula is C15H17F2N3O3. The van der Waals surface area contributed by atoms with E-state index in [0.717, 1.165) is 12.1 Å². The van der Waals surface area contributed by atoms with Crippen molar-refractivity contribution in [2.75, 3.05) is 11.9 Å². The van der Waals surface area contributed by atoms with Crippen LogP contribution in [0.3, 0.4) is 0 Å². The highest BCUT2D eigenvalue weighted by atomic mass is 19.1. The highest BCUT2D eigenvalue weighted by Gasteiger charge is 2.14. The van der Waals surface area contributed by atoms with Crippen molar-refractivity contribution in [3.05, 3.63) is 35.9 Å². The Balaban J connectivity index is 1.98. The van der Waals surface area contributed by atoms with Crippen molar-refractivity contribution in [1.29, 1.82) is 0 Å². The van der Waals surface area contributed by atoms with Gasteiger partial charge in [-0.05, 0) is 31.9 Å². The lowest BCUT2D eigenvalue weighted by Gasteiger charge is -2.12. The van der Waals surface area contributed by atoms with Crippen LogP contribution in [0.15, 0.2) is 28.8 Å². The smallest absolute Gasteiger partial charge is 0.320 e. The zero-order chi connectivity index (χ0) is 16.8. The average molecular weight is 325 g/mol. The molecule has 23 heavy (non-hydrogen) atoms. The number of carbonyl (C=O) groups is 1. The van der Waals surface area contributed by atoms with Gasteiger partial charge in [0.1, 0.15) is 11.6 Å². The number of nitrogens with one attached hydrogen (secondary N) is 2. The topological polar surface area (TPSA) is 87.4 Å². The zero-order valence-electron chi connectivity index (χ0n) is 12.5. The number of nitrogens with zero attached hydrogens (tertiary/aromatic N) is 1. The molecule has 0 bridgehead atoms. The van der Waals surface area contributed by atoms with E-state index < -0.39 is 17.7 Å². The number of aromatic nitrogens is 1. The van der Waals surface area contributed by atoms with Crippen LogP contribution < -0.4 is 10.6 Å². The number of amides is 2. The molecule has 1 aromatic heterocycles. The molecule has 1 heterocycles.